The molecule has 0 saturated heterocycles. The molecule has 5 heteroatoms. The highest BCUT2D eigenvalue weighted by molar-refractivity contribution is 7.99. The van der Waals surface area contributed by atoms with Crippen molar-refractivity contribution in [2.45, 2.75) is 43.8 Å². The van der Waals surface area contributed by atoms with Crippen LogP contribution < -0.4 is 0 Å². The van der Waals surface area contributed by atoms with Crippen molar-refractivity contribution in [2.75, 3.05) is 18.8 Å². The number of benzene rings is 2. The van der Waals surface area contributed by atoms with Crippen molar-refractivity contribution in [1.82, 2.24) is 19.7 Å². The Kier molecular flexibility index (Phi) is 6.67. The maximum absolute atomic E-state index is 4.41. The molecule has 0 bridgehead atoms. The number of hydrogen-bond acceptors (Lipinski definition) is 4. The van der Waals surface area contributed by atoms with Crippen LogP contribution in [0.1, 0.15) is 30.9 Å². The maximum Gasteiger partial charge on any atom is 0.191 e. The topological polar surface area (TPSA) is 34.0 Å². The molecule has 1 aliphatic carbocycles. The van der Waals surface area contributed by atoms with Crippen LogP contribution >= 0.6 is 11.8 Å². The van der Waals surface area contributed by atoms with Gasteiger partial charge in [-0.25, -0.2) is 0 Å². The molecule has 0 unspecified atom stereocenters. The van der Waals surface area contributed by atoms with Crippen molar-refractivity contribution in [3.63, 3.8) is 0 Å². The summed E-state index contributed by atoms with van der Waals surface area (Å²) in [6.45, 7) is 4.63. The first-order chi connectivity index (χ1) is 14.3. The maximum atomic E-state index is 4.41. The lowest BCUT2D eigenvalue weighted by molar-refractivity contribution is 0.202. The summed E-state index contributed by atoms with van der Waals surface area (Å²) in [5.41, 5.74) is 4.20. The predicted molar refractivity (Wildman–Crippen MR) is 121 cm³/mol. The highest BCUT2D eigenvalue weighted by atomic mass is 32.2. The van der Waals surface area contributed by atoms with Crippen LogP contribution in [0.3, 0.4) is 0 Å². The Morgan fingerprint density at radius 3 is 2.34 bits per heavy atom. The second kappa shape index (κ2) is 9.59. The normalized spacial score (nSPS) is 13.9. The van der Waals surface area contributed by atoms with Gasteiger partial charge >= 0.3 is 0 Å². The molecule has 4 nitrogen and oxygen atoms in total. The molecule has 152 valence electrons. The fourth-order valence-corrected chi connectivity index (χ4v) is 5.10. The summed E-state index contributed by atoms with van der Waals surface area (Å²) in [4.78, 5) is 2.70. The minimum atomic E-state index is 0.664. The fraction of sp³-hybridized carbons (Fsp3) is 0.417. The summed E-state index contributed by atoms with van der Waals surface area (Å²) in [6, 6.07) is 19.9. The van der Waals surface area contributed by atoms with Crippen molar-refractivity contribution >= 4 is 11.8 Å². The van der Waals surface area contributed by atoms with E-state index < -0.39 is 0 Å². The molecule has 0 fully saturated rings. The van der Waals surface area contributed by atoms with Crippen molar-refractivity contribution in [3.05, 3.63) is 65.7 Å². The molecule has 0 amide bonds. The largest absolute Gasteiger partial charge is 0.305 e. The van der Waals surface area contributed by atoms with Crippen molar-refractivity contribution in [3.8, 4) is 11.4 Å². The van der Waals surface area contributed by atoms with Gasteiger partial charge in [0, 0.05) is 24.4 Å². The van der Waals surface area contributed by atoms with E-state index in [9.17, 15) is 0 Å². The Hall–Kier alpha value is -2.11. The van der Waals surface area contributed by atoms with Gasteiger partial charge in [-0.05, 0) is 49.9 Å². The Bertz CT molecular complexity index is 897. The van der Waals surface area contributed by atoms with E-state index in [0.717, 1.165) is 28.8 Å². The molecule has 1 aromatic heterocycles. The van der Waals surface area contributed by atoms with Gasteiger partial charge in [-0.3, -0.25) is 4.90 Å². The number of fused-ring (bicyclic) bond motifs is 1. The lowest BCUT2D eigenvalue weighted by Gasteiger charge is -2.28. The standard InChI is InChI=1S/C24H30N4S/c1-3-14-28(22-17-20-12-7-8-13-21(20)18-22)15-9-16-29-24-26-25-23(27(24)2)19-10-5-4-6-11-19/h4-8,10-13,22H,3,9,14-18H2,1-2H3. The Balaban J connectivity index is 1.30. The van der Waals surface area contributed by atoms with E-state index in [4.69, 9.17) is 0 Å². The molecule has 0 spiro atoms. The number of thioether (sulfide) groups is 1. The first kappa shape index (κ1) is 20.2. The summed E-state index contributed by atoms with van der Waals surface area (Å²) < 4.78 is 2.11. The molecule has 1 heterocycles. The van der Waals surface area contributed by atoms with Crippen LogP contribution in [-0.4, -0.2) is 44.5 Å². The minimum Gasteiger partial charge on any atom is -0.305 e. The van der Waals surface area contributed by atoms with Crippen LogP contribution in [0.5, 0.6) is 0 Å². The molecule has 1 aliphatic rings. The zero-order valence-electron chi connectivity index (χ0n) is 17.4. The number of hydrogen-bond donors (Lipinski definition) is 0. The van der Waals surface area contributed by atoms with Crippen LogP contribution in [0.25, 0.3) is 11.4 Å². The van der Waals surface area contributed by atoms with Crippen LogP contribution in [0, 0.1) is 0 Å². The molecular weight excluding hydrogens is 376 g/mol. The van der Waals surface area contributed by atoms with Gasteiger partial charge in [-0.2, -0.15) is 0 Å². The van der Waals surface area contributed by atoms with Crippen LogP contribution in [0.15, 0.2) is 59.8 Å². The third-order valence-electron chi connectivity index (χ3n) is 5.74. The molecule has 0 N–H and O–H groups in total. The van der Waals surface area contributed by atoms with E-state index in [2.05, 4.69) is 70.0 Å². The van der Waals surface area contributed by atoms with Gasteiger partial charge in [0.25, 0.3) is 0 Å². The zero-order valence-corrected chi connectivity index (χ0v) is 18.2. The van der Waals surface area contributed by atoms with Crippen LogP contribution in [0.2, 0.25) is 0 Å². The summed E-state index contributed by atoms with van der Waals surface area (Å²) in [6.07, 6.45) is 4.79. The Morgan fingerprint density at radius 1 is 0.966 bits per heavy atom. The smallest absolute Gasteiger partial charge is 0.191 e. The summed E-state index contributed by atoms with van der Waals surface area (Å²) in [5.74, 6) is 2.00. The van der Waals surface area contributed by atoms with Crippen LogP contribution in [-0.2, 0) is 19.9 Å². The Morgan fingerprint density at radius 2 is 1.66 bits per heavy atom. The molecule has 4 rings (SSSR count). The van der Waals surface area contributed by atoms with Crippen molar-refractivity contribution in [1.29, 1.82) is 0 Å². The van der Waals surface area contributed by atoms with E-state index in [0.29, 0.717) is 6.04 Å². The monoisotopic (exact) mass is 406 g/mol. The SMILES string of the molecule is CCCN(CCCSc1nnc(-c2ccccc2)n1C)C1Cc2ccccc2C1. The molecule has 0 atom stereocenters. The molecule has 0 aliphatic heterocycles. The second-order valence-electron chi connectivity index (χ2n) is 7.80. The summed E-state index contributed by atoms with van der Waals surface area (Å²) >= 11 is 1.82. The third-order valence-corrected chi connectivity index (χ3v) is 6.85. The van der Waals surface area contributed by atoms with E-state index in [-0.39, 0.29) is 0 Å². The molecule has 0 radical (unpaired) electrons. The van der Waals surface area contributed by atoms with Gasteiger partial charge < -0.3 is 4.57 Å². The molecule has 0 saturated carbocycles. The van der Waals surface area contributed by atoms with E-state index >= 15 is 0 Å². The molecule has 2 aromatic carbocycles. The summed E-state index contributed by atoms with van der Waals surface area (Å²) in [7, 11) is 2.06. The Labute approximate surface area is 178 Å². The fourth-order valence-electron chi connectivity index (χ4n) is 4.27. The van der Waals surface area contributed by atoms with Gasteiger partial charge in [0.05, 0.1) is 0 Å². The average Bonchev–Trinajstić information content (AvgIpc) is 3.34. The van der Waals surface area contributed by atoms with E-state index in [1.54, 1.807) is 11.1 Å². The van der Waals surface area contributed by atoms with Gasteiger partial charge in [-0.1, -0.05) is 73.3 Å². The number of aromatic nitrogens is 3. The first-order valence-electron chi connectivity index (χ1n) is 10.6. The van der Waals surface area contributed by atoms with E-state index in [1.807, 2.05) is 30.0 Å². The summed E-state index contributed by atoms with van der Waals surface area (Å²) in [5, 5.41) is 9.81. The lowest BCUT2D eigenvalue weighted by Crippen LogP contribution is -2.37. The number of nitrogens with zero attached hydrogens (tertiary/aromatic N) is 4. The van der Waals surface area contributed by atoms with E-state index in [1.165, 1.54) is 32.2 Å². The lowest BCUT2D eigenvalue weighted by atomic mass is 10.1. The van der Waals surface area contributed by atoms with Gasteiger partial charge in [0.2, 0.25) is 0 Å². The third kappa shape index (κ3) is 4.73. The first-order valence-corrected chi connectivity index (χ1v) is 11.6. The van der Waals surface area contributed by atoms with Gasteiger partial charge in [-0.15, -0.1) is 10.2 Å². The predicted octanol–water partition coefficient (Wildman–Crippen LogP) is 4.84. The minimum absolute atomic E-state index is 0.664. The van der Waals surface area contributed by atoms with Gasteiger partial charge in [0.1, 0.15) is 0 Å². The van der Waals surface area contributed by atoms with Gasteiger partial charge in [0.15, 0.2) is 11.0 Å². The highest BCUT2D eigenvalue weighted by Gasteiger charge is 2.25. The molecule has 3 aromatic rings. The van der Waals surface area contributed by atoms with Crippen molar-refractivity contribution < 1.29 is 0 Å². The quantitative estimate of drug-likeness (QED) is 0.376. The van der Waals surface area contributed by atoms with Crippen LogP contribution in [0.4, 0.5) is 0 Å². The molecular formula is C24H30N4S. The number of rotatable bonds is 9. The highest BCUT2D eigenvalue weighted by Crippen LogP contribution is 2.27. The molecule has 29 heavy (non-hydrogen) atoms. The second-order valence-corrected chi connectivity index (χ2v) is 8.86. The zero-order chi connectivity index (χ0) is 20.1. The van der Waals surface area contributed by atoms with Crippen molar-refractivity contribution in [2.24, 2.45) is 7.05 Å². The average molecular weight is 407 g/mol.